The van der Waals surface area contributed by atoms with Gasteiger partial charge in [-0.15, -0.1) is 5.92 Å². The maximum atomic E-state index is 11.0. The van der Waals surface area contributed by atoms with Crippen LogP contribution in [0.4, 0.5) is 0 Å². The average Bonchev–Trinajstić information content (AvgIpc) is 3.44. The molecule has 1 fully saturated rings. The summed E-state index contributed by atoms with van der Waals surface area (Å²) in [6, 6.07) is 17.4. The van der Waals surface area contributed by atoms with Crippen molar-refractivity contribution in [2.24, 2.45) is 11.8 Å². The molecule has 0 aromatic heterocycles. The highest BCUT2D eigenvalue weighted by atomic mass is 16.5. The lowest BCUT2D eigenvalue weighted by Crippen LogP contribution is -2.07. The number of rotatable bonds is 9. The van der Waals surface area contributed by atoms with Gasteiger partial charge in [-0.1, -0.05) is 36.3 Å². The molecule has 1 saturated carbocycles. The zero-order valence-corrected chi connectivity index (χ0v) is 15.4. The van der Waals surface area contributed by atoms with Crippen molar-refractivity contribution in [1.82, 2.24) is 0 Å². The number of carboxylic acids is 1. The van der Waals surface area contributed by atoms with Crippen LogP contribution in [0.15, 0.2) is 54.6 Å². The predicted octanol–water partition coefficient (Wildman–Crippen LogP) is 4.36. The molecule has 0 radical (unpaired) electrons. The van der Waals surface area contributed by atoms with Crippen LogP contribution in [-0.2, 0) is 4.79 Å². The van der Waals surface area contributed by atoms with Gasteiger partial charge < -0.3 is 14.6 Å². The number of hydrogen-bond donors (Lipinski definition) is 1. The number of para-hydroxylation sites is 1. The summed E-state index contributed by atoms with van der Waals surface area (Å²) in [5, 5.41) is 9.02. The molecule has 0 heterocycles. The smallest absolute Gasteiger partial charge is 0.304 e. The maximum absolute atomic E-state index is 11.0. The zero-order chi connectivity index (χ0) is 19.1. The third kappa shape index (κ3) is 5.79. The molecule has 0 saturated heterocycles. The Balaban J connectivity index is 1.44. The molecule has 0 aliphatic heterocycles. The van der Waals surface area contributed by atoms with E-state index in [9.17, 15) is 4.79 Å². The van der Waals surface area contributed by atoms with Crippen LogP contribution in [0.5, 0.6) is 11.5 Å². The minimum Gasteiger partial charge on any atom is -0.493 e. The van der Waals surface area contributed by atoms with E-state index in [1.165, 1.54) is 0 Å². The summed E-state index contributed by atoms with van der Waals surface area (Å²) in [5.41, 5.74) is 0.902. The Morgan fingerprint density at radius 2 is 1.63 bits per heavy atom. The van der Waals surface area contributed by atoms with Gasteiger partial charge in [-0.05, 0) is 55.0 Å². The van der Waals surface area contributed by atoms with Crippen LogP contribution in [0, 0.1) is 23.7 Å². The summed E-state index contributed by atoms with van der Waals surface area (Å²) in [7, 11) is 0. The van der Waals surface area contributed by atoms with Crippen molar-refractivity contribution in [1.29, 1.82) is 0 Å². The van der Waals surface area contributed by atoms with Gasteiger partial charge >= 0.3 is 5.97 Å². The van der Waals surface area contributed by atoms with Gasteiger partial charge in [-0.2, -0.15) is 0 Å². The van der Waals surface area contributed by atoms with Gasteiger partial charge in [0.1, 0.15) is 11.5 Å². The first-order valence-electron chi connectivity index (χ1n) is 9.20. The van der Waals surface area contributed by atoms with Gasteiger partial charge in [0.15, 0.2) is 0 Å². The van der Waals surface area contributed by atoms with Crippen molar-refractivity contribution in [2.45, 2.75) is 25.7 Å². The van der Waals surface area contributed by atoms with E-state index in [1.807, 2.05) is 54.6 Å². The van der Waals surface area contributed by atoms with Crippen LogP contribution < -0.4 is 9.47 Å². The van der Waals surface area contributed by atoms with Gasteiger partial charge in [0.2, 0.25) is 0 Å². The van der Waals surface area contributed by atoms with Gasteiger partial charge in [0.25, 0.3) is 0 Å². The van der Waals surface area contributed by atoms with Crippen LogP contribution in [0.2, 0.25) is 0 Å². The highest BCUT2D eigenvalue weighted by molar-refractivity contribution is 5.69. The third-order valence-corrected chi connectivity index (χ3v) is 4.72. The molecular formula is C23H24O4. The Morgan fingerprint density at radius 3 is 2.19 bits per heavy atom. The molecule has 2 aromatic rings. The van der Waals surface area contributed by atoms with Crippen molar-refractivity contribution in [3.8, 4) is 23.3 Å². The fourth-order valence-corrected chi connectivity index (χ4v) is 3.04. The number of carboxylic acid groups (broad SMARTS) is 1. The van der Waals surface area contributed by atoms with E-state index in [0.717, 1.165) is 30.1 Å². The lowest BCUT2D eigenvalue weighted by molar-refractivity contribution is -0.137. The minimum absolute atomic E-state index is 0.00616. The monoisotopic (exact) mass is 364 g/mol. The molecule has 0 bridgehead atoms. The second kappa shape index (κ2) is 9.14. The van der Waals surface area contributed by atoms with Crippen molar-refractivity contribution in [2.75, 3.05) is 13.2 Å². The highest BCUT2D eigenvalue weighted by Crippen LogP contribution is 2.39. The number of ether oxygens (including phenoxy) is 2. The first-order valence-corrected chi connectivity index (χ1v) is 9.20. The lowest BCUT2D eigenvalue weighted by Gasteiger charge is -2.11. The molecule has 3 unspecified atom stereocenters. The molecule has 0 spiro atoms. The molecule has 1 aliphatic rings. The van der Waals surface area contributed by atoms with Gasteiger partial charge in [-0.25, -0.2) is 0 Å². The number of aliphatic carboxylic acids is 1. The molecule has 3 atom stereocenters. The van der Waals surface area contributed by atoms with Crippen LogP contribution in [-0.4, -0.2) is 24.3 Å². The number of carbonyl (C=O) groups is 1. The van der Waals surface area contributed by atoms with Crippen molar-refractivity contribution >= 4 is 5.97 Å². The van der Waals surface area contributed by atoms with Crippen molar-refractivity contribution in [3.63, 3.8) is 0 Å². The number of benzene rings is 2. The second-order valence-electron chi connectivity index (χ2n) is 6.80. The molecule has 2 aromatic carbocycles. The van der Waals surface area contributed by atoms with Crippen LogP contribution >= 0.6 is 0 Å². The SMILES string of the molecule is CC#CC(CC(=O)O)c1ccc(OCC2CC2COc2ccccc2)cc1. The molecule has 3 rings (SSSR count). The minimum atomic E-state index is -0.847. The Kier molecular flexibility index (Phi) is 6.38. The quantitative estimate of drug-likeness (QED) is 0.672. The average molecular weight is 364 g/mol. The predicted molar refractivity (Wildman–Crippen MR) is 104 cm³/mol. The van der Waals surface area contributed by atoms with E-state index >= 15 is 0 Å². The maximum Gasteiger partial charge on any atom is 0.304 e. The first kappa shape index (κ1) is 18.8. The lowest BCUT2D eigenvalue weighted by atomic mass is 9.96. The zero-order valence-electron chi connectivity index (χ0n) is 15.4. The topological polar surface area (TPSA) is 55.8 Å². The summed E-state index contributed by atoms with van der Waals surface area (Å²) in [6.45, 7) is 3.12. The molecule has 4 nitrogen and oxygen atoms in total. The van der Waals surface area contributed by atoms with E-state index in [2.05, 4.69) is 11.8 Å². The van der Waals surface area contributed by atoms with Gasteiger partial charge in [0.05, 0.1) is 25.6 Å². The fraction of sp³-hybridized carbons (Fsp3) is 0.348. The third-order valence-electron chi connectivity index (χ3n) is 4.72. The summed E-state index contributed by atoms with van der Waals surface area (Å²) < 4.78 is 11.7. The van der Waals surface area contributed by atoms with E-state index < -0.39 is 5.97 Å². The highest BCUT2D eigenvalue weighted by Gasteiger charge is 2.38. The summed E-state index contributed by atoms with van der Waals surface area (Å²) in [4.78, 5) is 11.0. The van der Waals surface area contributed by atoms with E-state index in [1.54, 1.807) is 6.92 Å². The van der Waals surface area contributed by atoms with Crippen LogP contribution in [0.3, 0.4) is 0 Å². The molecule has 0 amide bonds. The van der Waals surface area contributed by atoms with Gasteiger partial charge in [0, 0.05) is 0 Å². The second-order valence-corrected chi connectivity index (χ2v) is 6.80. The standard InChI is InChI=1S/C23H24O4/c1-2-6-18(14-23(24)25)17-9-11-22(12-10-17)27-16-20-13-19(20)15-26-21-7-4-3-5-8-21/h3-5,7-12,18-20H,13-16H2,1H3,(H,24,25). The van der Waals surface area contributed by atoms with E-state index in [-0.39, 0.29) is 12.3 Å². The summed E-state index contributed by atoms with van der Waals surface area (Å²) >= 11 is 0. The fourth-order valence-electron chi connectivity index (χ4n) is 3.04. The molecular weight excluding hydrogens is 340 g/mol. The first-order chi connectivity index (χ1) is 13.2. The Morgan fingerprint density at radius 1 is 1.04 bits per heavy atom. The van der Waals surface area contributed by atoms with Crippen molar-refractivity contribution < 1.29 is 19.4 Å². The summed E-state index contributed by atoms with van der Waals surface area (Å²) in [5.74, 6) is 7.41. The normalized spacial score (nSPS) is 18.7. The van der Waals surface area contributed by atoms with E-state index in [4.69, 9.17) is 14.6 Å². The Labute approximate surface area is 160 Å². The molecule has 1 N–H and O–H groups in total. The van der Waals surface area contributed by atoms with Gasteiger partial charge in [-0.3, -0.25) is 4.79 Å². The van der Waals surface area contributed by atoms with Crippen LogP contribution in [0.1, 0.15) is 31.2 Å². The Hall–Kier alpha value is -2.93. The Bertz CT molecular complexity index is 802. The molecule has 27 heavy (non-hydrogen) atoms. The van der Waals surface area contributed by atoms with E-state index in [0.29, 0.717) is 18.4 Å². The number of hydrogen-bond acceptors (Lipinski definition) is 3. The van der Waals surface area contributed by atoms with Crippen molar-refractivity contribution in [3.05, 3.63) is 60.2 Å². The molecule has 4 heteroatoms. The van der Waals surface area contributed by atoms with Crippen LogP contribution in [0.25, 0.3) is 0 Å². The molecule has 140 valence electrons. The molecule has 1 aliphatic carbocycles. The largest absolute Gasteiger partial charge is 0.493 e. The summed E-state index contributed by atoms with van der Waals surface area (Å²) in [6.07, 6.45) is 1.13.